The summed E-state index contributed by atoms with van der Waals surface area (Å²) >= 11 is 0. The molecular formula is C15H26O2. The molecule has 0 saturated carbocycles. The van der Waals surface area contributed by atoms with Crippen LogP contribution in [0.25, 0.3) is 0 Å². The van der Waals surface area contributed by atoms with Crippen LogP contribution in [0.4, 0.5) is 0 Å². The van der Waals surface area contributed by atoms with E-state index in [-0.39, 0.29) is 5.78 Å². The fourth-order valence-electron chi connectivity index (χ4n) is 1.00. The number of rotatable bonds is 2. The van der Waals surface area contributed by atoms with Crippen molar-refractivity contribution in [2.24, 2.45) is 0 Å². The Kier molecular flexibility index (Phi) is 11.9. The molecule has 0 atom stereocenters. The molecule has 2 nitrogen and oxygen atoms in total. The van der Waals surface area contributed by atoms with E-state index < -0.39 is 0 Å². The maximum atomic E-state index is 9.44. The lowest BCUT2D eigenvalue weighted by molar-refractivity contribution is -0.114. The second-order valence-corrected chi connectivity index (χ2v) is 3.84. The molecule has 0 aliphatic carbocycles. The van der Waals surface area contributed by atoms with E-state index in [1.165, 1.54) is 19.4 Å². The van der Waals surface area contributed by atoms with E-state index in [1.807, 2.05) is 26.0 Å². The SMILES string of the molecule is CC.CC(C)=O.COc1cccc(C(C)C)c1. The first-order chi connectivity index (χ1) is 7.97. The van der Waals surface area contributed by atoms with Gasteiger partial charge in [-0.2, -0.15) is 0 Å². The highest BCUT2D eigenvalue weighted by Crippen LogP contribution is 2.19. The second-order valence-electron chi connectivity index (χ2n) is 3.84. The summed E-state index contributed by atoms with van der Waals surface area (Å²) in [5.41, 5.74) is 1.32. The summed E-state index contributed by atoms with van der Waals surface area (Å²) in [5, 5.41) is 0. The fourth-order valence-corrected chi connectivity index (χ4v) is 1.00. The molecular weight excluding hydrogens is 212 g/mol. The van der Waals surface area contributed by atoms with E-state index in [0.29, 0.717) is 5.92 Å². The summed E-state index contributed by atoms with van der Waals surface area (Å²) in [6, 6.07) is 8.18. The third-order valence-electron chi connectivity index (χ3n) is 1.76. The average Bonchev–Trinajstić information content (AvgIpc) is 2.31. The summed E-state index contributed by atoms with van der Waals surface area (Å²) in [6.07, 6.45) is 0. The number of Topliss-reactive ketones (excluding diaryl/α,β-unsaturated/α-hetero) is 1. The van der Waals surface area contributed by atoms with Crippen LogP contribution in [0.3, 0.4) is 0 Å². The number of methoxy groups -OCH3 is 1. The number of benzene rings is 1. The van der Waals surface area contributed by atoms with Crippen molar-refractivity contribution < 1.29 is 9.53 Å². The standard InChI is InChI=1S/C10H14O.C3H6O.C2H6/c1-8(2)9-5-4-6-10(7-9)11-3;1-3(2)4;1-2/h4-8H,1-3H3;1-2H3;1-2H3. The van der Waals surface area contributed by atoms with Gasteiger partial charge in [-0.3, -0.25) is 0 Å². The van der Waals surface area contributed by atoms with Crippen LogP contribution in [0, 0.1) is 0 Å². The highest BCUT2D eigenvalue weighted by atomic mass is 16.5. The van der Waals surface area contributed by atoms with Crippen LogP contribution in [-0.2, 0) is 4.79 Å². The van der Waals surface area contributed by atoms with Crippen molar-refractivity contribution >= 4 is 5.78 Å². The third kappa shape index (κ3) is 11.0. The highest BCUT2D eigenvalue weighted by Gasteiger charge is 1.98. The van der Waals surface area contributed by atoms with Gasteiger partial charge < -0.3 is 9.53 Å². The minimum Gasteiger partial charge on any atom is -0.497 e. The van der Waals surface area contributed by atoms with Gasteiger partial charge in [0, 0.05) is 0 Å². The van der Waals surface area contributed by atoms with E-state index in [2.05, 4.69) is 26.0 Å². The first kappa shape index (κ1) is 18.1. The molecule has 0 aliphatic heterocycles. The van der Waals surface area contributed by atoms with Gasteiger partial charge in [0.2, 0.25) is 0 Å². The Morgan fingerprint density at radius 2 is 1.65 bits per heavy atom. The van der Waals surface area contributed by atoms with Crippen molar-refractivity contribution in [1.82, 2.24) is 0 Å². The Hall–Kier alpha value is -1.31. The van der Waals surface area contributed by atoms with Crippen LogP contribution >= 0.6 is 0 Å². The van der Waals surface area contributed by atoms with Crippen molar-refractivity contribution in [3.63, 3.8) is 0 Å². The van der Waals surface area contributed by atoms with E-state index in [1.54, 1.807) is 7.11 Å². The molecule has 0 amide bonds. The molecule has 0 unspecified atom stereocenters. The average molecular weight is 238 g/mol. The van der Waals surface area contributed by atoms with Gasteiger partial charge in [0.25, 0.3) is 0 Å². The van der Waals surface area contributed by atoms with Gasteiger partial charge in [-0.15, -0.1) is 0 Å². The maximum Gasteiger partial charge on any atom is 0.126 e. The second kappa shape index (κ2) is 11.2. The van der Waals surface area contributed by atoms with Crippen molar-refractivity contribution in [3.05, 3.63) is 29.8 Å². The molecule has 0 aromatic heterocycles. The van der Waals surface area contributed by atoms with Gasteiger partial charge in [0.1, 0.15) is 11.5 Å². The molecule has 1 aromatic rings. The van der Waals surface area contributed by atoms with Crippen LogP contribution in [0.1, 0.15) is 53.0 Å². The lowest BCUT2D eigenvalue weighted by Crippen LogP contribution is -1.88. The Bertz CT molecular complexity index is 300. The minimum atomic E-state index is 0.167. The number of carbonyl (C=O) groups excluding carboxylic acids is 1. The Morgan fingerprint density at radius 3 is 2.00 bits per heavy atom. The molecule has 0 saturated heterocycles. The lowest BCUT2D eigenvalue weighted by atomic mass is 10.0. The summed E-state index contributed by atoms with van der Waals surface area (Å²) in [5.74, 6) is 1.68. The van der Waals surface area contributed by atoms with E-state index in [9.17, 15) is 4.79 Å². The molecule has 0 heterocycles. The molecule has 1 aromatic carbocycles. The highest BCUT2D eigenvalue weighted by molar-refractivity contribution is 5.72. The molecule has 0 N–H and O–H groups in total. The van der Waals surface area contributed by atoms with Crippen LogP contribution < -0.4 is 4.74 Å². The topological polar surface area (TPSA) is 26.3 Å². The summed E-state index contributed by atoms with van der Waals surface area (Å²) in [4.78, 5) is 9.44. The normalized spacial score (nSPS) is 8.47. The summed E-state index contributed by atoms with van der Waals surface area (Å²) in [7, 11) is 1.69. The van der Waals surface area contributed by atoms with Crippen LogP contribution in [0.15, 0.2) is 24.3 Å². The molecule has 0 aliphatic rings. The number of hydrogen-bond acceptors (Lipinski definition) is 2. The largest absolute Gasteiger partial charge is 0.497 e. The maximum absolute atomic E-state index is 9.44. The Morgan fingerprint density at radius 1 is 1.18 bits per heavy atom. The van der Waals surface area contributed by atoms with Crippen molar-refractivity contribution in [1.29, 1.82) is 0 Å². The molecule has 2 heteroatoms. The fraction of sp³-hybridized carbons (Fsp3) is 0.533. The number of ketones is 1. The predicted octanol–water partition coefficient (Wildman–Crippen LogP) is 4.44. The van der Waals surface area contributed by atoms with Gasteiger partial charge in [-0.05, 0) is 37.5 Å². The summed E-state index contributed by atoms with van der Waals surface area (Å²) in [6.45, 7) is 11.4. The molecule has 0 fully saturated rings. The zero-order valence-corrected chi connectivity index (χ0v) is 12.2. The van der Waals surface area contributed by atoms with E-state index >= 15 is 0 Å². The van der Waals surface area contributed by atoms with Gasteiger partial charge >= 0.3 is 0 Å². The number of hydrogen-bond donors (Lipinski definition) is 0. The molecule has 0 bridgehead atoms. The summed E-state index contributed by atoms with van der Waals surface area (Å²) < 4.78 is 5.11. The van der Waals surface area contributed by atoms with Gasteiger partial charge in [-0.1, -0.05) is 39.8 Å². The van der Waals surface area contributed by atoms with Crippen LogP contribution in [0.2, 0.25) is 0 Å². The first-order valence-electron chi connectivity index (χ1n) is 6.08. The molecule has 17 heavy (non-hydrogen) atoms. The minimum absolute atomic E-state index is 0.167. The van der Waals surface area contributed by atoms with Crippen molar-refractivity contribution in [3.8, 4) is 5.75 Å². The van der Waals surface area contributed by atoms with Crippen molar-refractivity contribution in [2.75, 3.05) is 7.11 Å². The Labute approximate surface area is 106 Å². The van der Waals surface area contributed by atoms with Crippen LogP contribution in [-0.4, -0.2) is 12.9 Å². The zero-order chi connectivity index (χ0) is 13.8. The molecule has 1 rings (SSSR count). The number of carbonyl (C=O) groups is 1. The molecule has 0 radical (unpaired) electrons. The van der Waals surface area contributed by atoms with Gasteiger partial charge in [-0.25, -0.2) is 0 Å². The Balaban J connectivity index is 0. The zero-order valence-electron chi connectivity index (χ0n) is 12.2. The molecule has 98 valence electrons. The smallest absolute Gasteiger partial charge is 0.126 e. The monoisotopic (exact) mass is 238 g/mol. The van der Waals surface area contributed by atoms with Crippen LogP contribution in [0.5, 0.6) is 5.75 Å². The predicted molar refractivity (Wildman–Crippen MR) is 74.8 cm³/mol. The van der Waals surface area contributed by atoms with E-state index in [4.69, 9.17) is 4.74 Å². The quantitative estimate of drug-likeness (QED) is 0.761. The van der Waals surface area contributed by atoms with Crippen molar-refractivity contribution in [2.45, 2.75) is 47.5 Å². The van der Waals surface area contributed by atoms with Gasteiger partial charge in [0.05, 0.1) is 7.11 Å². The lowest BCUT2D eigenvalue weighted by Gasteiger charge is -2.06. The molecule has 0 spiro atoms. The van der Waals surface area contributed by atoms with E-state index in [0.717, 1.165) is 5.75 Å². The third-order valence-corrected chi connectivity index (χ3v) is 1.76. The first-order valence-corrected chi connectivity index (χ1v) is 6.08. The van der Waals surface area contributed by atoms with Gasteiger partial charge in [0.15, 0.2) is 0 Å². The number of ether oxygens (including phenoxy) is 1.